The molecule has 110 valence electrons. The van der Waals surface area contributed by atoms with Crippen LogP contribution in [0.3, 0.4) is 0 Å². The zero-order valence-electron chi connectivity index (χ0n) is 12.4. The van der Waals surface area contributed by atoms with E-state index in [0.717, 1.165) is 50.4 Å². The lowest BCUT2D eigenvalue weighted by Gasteiger charge is -2.31. The van der Waals surface area contributed by atoms with Crippen LogP contribution in [0.2, 0.25) is 0 Å². The summed E-state index contributed by atoms with van der Waals surface area (Å²) < 4.78 is 11.3. The minimum atomic E-state index is -0.601. The summed E-state index contributed by atoms with van der Waals surface area (Å²) in [7, 11) is -0.601. The molecule has 1 aliphatic heterocycles. The lowest BCUT2D eigenvalue weighted by Crippen LogP contribution is -2.47. The largest absolute Gasteiger partial charge is 0.302 e. The maximum absolute atomic E-state index is 11.3. The van der Waals surface area contributed by atoms with Crippen LogP contribution in [0, 0.1) is 11.3 Å². The van der Waals surface area contributed by atoms with Crippen molar-refractivity contribution in [2.75, 3.05) is 31.1 Å². The Kier molecular flexibility index (Phi) is 6.98. The van der Waals surface area contributed by atoms with Gasteiger partial charge < -0.3 is 4.90 Å². The van der Waals surface area contributed by atoms with Gasteiger partial charge in [0.15, 0.2) is 0 Å². The van der Waals surface area contributed by atoms with Gasteiger partial charge in [0, 0.05) is 41.4 Å². The second-order valence-corrected chi connectivity index (χ2v) is 7.34. The van der Waals surface area contributed by atoms with Gasteiger partial charge in [0.2, 0.25) is 0 Å². The van der Waals surface area contributed by atoms with Crippen LogP contribution in [-0.4, -0.2) is 51.8 Å². The molecule has 19 heavy (non-hydrogen) atoms. The molecule has 0 bridgehead atoms. The van der Waals surface area contributed by atoms with E-state index in [1.807, 2.05) is 0 Å². The Morgan fingerprint density at radius 1 is 1.42 bits per heavy atom. The van der Waals surface area contributed by atoms with E-state index in [0.29, 0.717) is 6.04 Å². The van der Waals surface area contributed by atoms with Gasteiger partial charge in [-0.1, -0.05) is 6.92 Å². The van der Waals surface area contributed by atoms with Crippen molar-refractivity contribution in [2.45, 2.75) is 51.6 Å². The fourth-order valence-corrected chi connectivity index (χ4v) is 3.70. The van der Waals surface area contributed by atoms with Gasteiger partial charge in [-0.2, -0.15) is 5.26 Å². The molecule has 1 heterocycles. The van der Waals surface area contributed by atoms with Crippen molar-refractivity contribution in [3.05, 3.63) is 0 Å². The van der Waals surface area contributed by atoms with Crippen molar-refractivity contribution < 1.29 is 4.21 Å². The topological polar surface area (TPSA) is 56.1 Å². The van der Waals surface area contributed by atoms with Crippen LogP contribution in [0.25, 0.3) is 0 Å². The van der Waals surface area contributed by atoms with Crippen LogP contribution in [0.15, 0.2) is 0 Å². The minimum absolute atomic E-state index is 0.331. The zero-order chi connectivity index (χ0) is 14.3. The summed E-state index contributed by atoms with van der Waals surface area (Å²) in [5, 5.41) is 12.8. The number of nitrogens with zero attached hydrogens (tertiary/aromatic N) is 2. The van der Waals surface area contributed by atoms with E-state index in [1.165, 1.54) is 0 Å². The molecule has 0 aromatic carbocycles. The molecule has 1 N–H and O–H groups in total. The van der Waals surface area contributed by atoms with E-state index in [1.54, 1.807) is 0 Å². The normalized spacial score (nSPS) is 21.2. The summed E-state index contributed by atoms with van der Waals surface area (Å²) in [6, 6.07) is 2.79. The van der Waals surface area contributed by atoms with Crippen molar-refractivity contribution in [2.24, 2.45) is 0 Å². The first-order chi connectivity index (χ1) is 9.01. The van der Waals surface area contributed by atoms with Crippen molar-refractivity contribution in [3.63, 3.8) is 0 Å². The highest BCUT2D eigenvalue weighted by molar-refractivity contribution is 7.85. The summed E-state index contributed by atoms with van der Waals surface area (Å²) in [5.74, 6) is 1.61. The summed E-state index contributed by atoms with van der Waals surface area (Å²) in [4.78, 5) is 2.37. The maximum atomic E-state index is 11.3. The fraction of sp³-hybridized carbons (Fsp3) is 0.929. The van der Waals surface area contributed by atoms with Crippen LogP contribution in [0.5, 0.6) is 0 Å². The third-order valence-electron chi connectivity index (χ3n) is 3.73. The second-order valence-electron chi connectivity index (χ2n) is 5.64. The minimum Gasteiger partial charge on any atom is -0.302 e. The van der Waals surface area contributed by atoms with E-state index in [2.05, 4.69) is 37.1 Å². The van der Waals surface area contributed by atoms with Gasteiger partial charge in [-0.3, -0.25) is 9.53 Å². The molecule has 1 rings (SSSR count). The highest BCUT2D eigenvalue weighted by Gasteiger charge is 2.28. The summed E-state index contributed by atoms with van der Waals surface area (Å²) in [6.45, 7) is 9.14. The van der Waals surface area contributed by atoms with E-state index < -0.39 is 10.8 Å². The predicted molar refractivity (Wildman–Crippen MR) is 80.5 cm³/mol. The van der Waals surface area contributed by atoms with E-state index in [9.17, 15) is 9.47 Å². The number of hydrogen-bond acceptors (Lipinski definition) is 4. The first kappa shape index (κ1) is 16.6. The lowest BCUT2D eigenvalue weighted by atomic mass is 9.91. The Hall–Kier alpha value is -0.440. The van der Waals surface area contributed by atoms with Crippen molar-refractivity contribution in [1.29, 1.82) is 5.26 Å². The van der Waals surface area contributed by atoms with Crippen molar-refractivity contribution >= 4 is 10.8 Å². The fourth-order valence-electron chi connectivity index (χ4n) is 2.57. The molecule has 1 unspecified atom stereocenters. The smallest absolute Gasteiger partial charge is 0.106 e. The third-order valence-corrected chi connectivity index (χ3v) is 5.01. The SMILES string of the molecule is CCC(C#N)(CCCN1CCS(=O)CC1)NC(C)C. The monoisotopic (exact) mass is 285 g/mol. The highest BCUT2D eigenvalue weighted by atomic mass is 32.2. The Labute approximate surface area is 120 Å². The predicted octanol–water partition coefficient (Wildman–Crippen LogP) is 1.50. The molecule has 5 heteroatoms. The molecule has 0 amide bonds. The van der Waals surface area contributed by atoms with E-state index in [-0.39, 0.29) is 5.54 Å². The van der Waals surface area contributed by atoms with Crippen molar-refractivity contribution in [1.82, 2.24) is 10.2 Å². The Morgan fingerprint density at radius 2 is 2.05 bits per heavy atom. The van der Waals surface area contributed by atoms with Gasteiger partial charge in [0.25, 0.3) is 0 Å². The number of nitriles is 1. The van der Waals surface area contributed by atoms with Gasteiger partial charge in [-0.05, 0) is 39.7 Å². The van der Waals surface area contributed by atoms with E-state index >= 15 is 0 Å². The average molecular weight is 285 g/mol. The zero-order valence-corrected chi connectivity index (χ0v) is 13.3. The number of hydrogen-bond donors (Lipinski definition) is 1. The van der Waals surface area contributed by atoms with Crippen molar-refractivity contribution in [3.8, 4) is 6.07 Å². The van der Waals surface area contributed by atoms with Gasteiger partial charge >= 0.3 is 0 Å². The molecule has 1 aliphatic rings. The van der Waals surface area contributed by atoms with Crippen LogP contribution in [0.4, 0.5) is 0 Å². The molecule has 0 aromatic heterocycles. The summed E-state index contributed by atoms with van der Waals surface area (Å²) >= 11 is 0. The molecule has 0 spiro atoms. The Morgan fingerprint density at radius 3 is 2.53 bits per heavy atom. The molecule has 1 saturated heterocycles. The Bertz CT molecular complexity index is 330. The number of nitrogens with one attached hydrogen (secondary N) is 1. The molecule has 0 aliphatic carbocycles. The molecule has 4 nitrogen and oxygen atoms in total. The number of rotatable bonds is 7. The first-order valence-electron chi connectivity index (χ1n) is 7.27. The van der Waals surface area contributed by atoms with E-state index in [4.69, 9.17) is 0 Å². The molecule has 0 aromatic rings. The standard InChI is InChI=1S/C14H27N3OS/c1-4-14(12-15,16-13(2)3)6-5-7-17-8-10-19(18)11-9-17/h13,16H,4-11H2,1-3H3. The second kappa shape index (κ2) is 7.98. The van der Waals surface area contributed by atoms with Gasteiger partial charge in [0.05, 0.1) is 6.07 Å². The van der Waals surface area contributed by atoms with Crippen LogP contribution in [0.1, 0.15) is 40.0 Å². The maximum Gasteiger partial charge on any atom is 0.106 e. The van der Waals surface area contributed by atoms with Crippen LogP contribution < -0.4 is 5.32 Å². The van der Waals surface area contributed by atoms with Gasteiger partial charge in [0.1, 0.15) is 5.54 Å². The molecule has 0 saturated carbocycles. The quantitative estimate of drug-likeness (QED) is 0.770. The molecule has 1 atom stereocenters. The highest BCUT2D eigenvalue weighted by Crippen LogP contribution is 2.18. The Balaban J connectivity index is 2.36. The van der Waals surface area contributed by atoms with Crippen LogP contribution in [-0.2, 0) is 10.8 Å². The summed E-state index contributed by atoms with van der Waals surface area (Å²) in [6.07, 6.45) is 2.75. The molecular formula is C14H27N3OS. The lowest BCUT2D eigenvalue weighted by molar-refractivity contribution is 0.265. The first-order valence-corrected chi connectivity index (χ1v) is 8.76. The average Bonchev–Trinajstić information content (AvgIpc) is 2.39. The summed E-state index contributed by atoms with van der Waals surface area (Å²) in [5.41, 5.74) is -0.382. The molecule has 1 fully saturated rings. The third kappa shape index (κ3) is 5.60. The molecule has 0 radical (unpaired) electrons. The molecular weight excluding hydrogens is 258 g/mol. The van der Waals surface area contributed by atoms with Crippen LogP contribution >= 0.6 is 0 Å². The van der Waals surface area contributed by atoms with Gasteiger partial charge in [-0.15, -0.1) is 0 Å². The van der Waals surface area contributed by atoms with Gasteiger partial charge in [-0.25, -0.2) is 0 Å².